The summed E-state index contributed by atoms with van der Waals surface area (Å²) in [5.74, 6) is -3.19. The zero-order valence-corrected chi connectivity index (χ0v) is 30.8. The van der Waals surface area contributed by atoms with Gasteiger partial charge in [-0.3, -0.25) is 38.4 Å². The molecule has 5 aromatic rings. The monoisotopic (exact) mass is 746 g/mol. The number of rotatable bonds is 13. The SMILES string of the molecule is CCCCC1(COC(=O)CCC(=O)O)C(=O)N(c2ccccc2)N(c2ccccc2)C1=O.Cc1c(NC(=O)c2cccnc2)c(=O)n(-c2ccccc2)n1C. The summed E-state index contributed by atoms with van der Waals surface area (Å²) in [4.78, 5) is 79.3. The topological polar surface area (TPSA) is 173 Å². The number of nitrogens with zero attached hydrogens (tertiary/aromatic N) is 5. The van der Waals surface area contributed by atoms with Crippen LogP contribution in [0.4, 0.5) is 17.1 Å². The van der Waals surface area contributed by atoms with E-state index in [4.69, 9.17) is 9.84 Å². The van der Waals surface area contributed by atoms with Crippen LogP contribution in [-0.4, -0.2) is 55.7 Å². The minimum Gasteiger partial charge on any atom is -0.481 e. The Kier molecular flexibility index (Phi) is 12.7. The number of nitrogens with one attached hydrogen (secondary N) is 1. The number of carbonyl (C=O) groups excluding carboxylic acids is 4. The molecule has 3 heterocycles. The van der Waals surface area contributed by atoms with Gasteiger partial charge in [-0.2, -0.15) is 0 Å². The van der Waals surface area contributed by atoms with Gasteiger partial charge in [0.1, 0.15) is 12.3 Å². The van der Waals surface area contributed by atoms with E-state index in [1.54, 1.807) is 85.5 Å². The summed E-state index contributed by atoms with van der Waals surface area (Å²) in [6.07, 6.45) is 3.87. The third-order valence-corrected chi connectivity index (χ3v) is 9.10. The summed E-state index contributed by atoms with van der Waals surface area (Å²) in [5, 5.41) is 14.1. The number of aliphatic carboxylic acids is 1. The van der Waals surface area contributed by atoms with Crippen LogP contribution in [0.15, 0.2) is 120 Å². The van der Waals surface area contributed by atoms with Crippen LogP contribution in [0.3, 0.4) is 0 Å². The Morgan fingerprint density at radius 1 is 0.782 bits per heavy atom. The Bertz CT molecular complexity index is 2130. The van der Waals surface area contributed by atoms with Crippen molar-refractivity contribution >= 4 is 46.7 Å². The molecule has 0 saturated carbocycles. The van der Waals surface area contributed by atoms with Gasteiger partial charge in [-0.25, -0.2) is 14.7 Å². The molecular weight excluding hydrogens is 704 g/mol. The molecule has 14 nitrogen and oxygen atoms in total. The summed E-state index contributed by atoms with van der Waals surface area (Å²) in [5.41, 5.74) is 1.28. The fourth-order valence-electron chi connectivity index (χ4n) is 6.05. The Labute approximate surface area is 317 Å². The van der Waals surface area contributed by atoms with Gasteiger partial charge < -0.3 is 15.2 Å². The molecule has 3 amide bonds. The van der Waals surface area contributed by atoms with Gasteiger partial charge in [0.15, 0.2) is 5.41 Å². The molecule has 0 aliphatic carbocycles. The smallest absolute Gasteiger partial charge is 0.306 e. The number of pyridine rings is 1. The van der Waals surface area contributed by atoms with Crippen molar-refractivity contribution in [3.8, 4) is 5.69 Å². The van der Waals surface area contributed by atoms with Crippen molar-refractivity contribution < 1.29 is 33.8 Å². The number of aromatic nitrogens is 3. The van der Waals surface area contributed by atoms with Gasteiger partial charge in [-0.05, 0) is 61.9 Å². The van der Waals surface area contributed by atoms with Gasteiger partial charge >= 0.3 is 11.9 Å². The molecule has 2 aromatic heterocycles. The van der Waals surface area contributed by atoms with E-state index in [2.05, 4.69) is 10.3 Å². The number of carboxylic acid groups (broad SMARTS) is 1. The molecule has 1 saturated heterocycles. The van der Waals surface area contributed by atoms with Crippen LogP contribution in [0, 0.1) is 12.3 Å². The van der Waals surface area contributed by atoms with E-state index in [1.807, 2.05) is 49.4 Å². The number of carbonyl (C=O) groups is 5. The van der Waals surface area contributed by atoms with Gasteiger partial charge in [0, 0.05) is 19.4 Å². The molecule has 0 atom stereocenters. The van der Waals surface area contributed by atoms with E-state index in [0.717, 1.165) is 12.1 Å². The minimum atomic E-state index is -1.58. The van der Waals surface area contributed by atoms with Crippen molar-refractivity contribution in [2.24, 2.45) is 12.5 Å². The highest BCUT2D eigenvalue weighted by atomic mass is 16.5. The minimum absolute atomic E-state index is 0.208. The van der Waals surface area contributed by atoms with Crippen molar-refractivity contribution in [3.05, 3.63) is 137 Å². The molecule has 284 valence electrons. The van der Waals surface area contributed by atoms with E-state index < -0.39 is 35.8 Å². The lowest BCUT2D eigenvalue weighted by molar-refractivity contribution is -0.154. The number of hydrogen-bond donors (Lipinski definition) is 2. The highest BCUT2D eigenvalue weighted by molar-refractivity contribution is 6.26. The number of ether oxygens (including phenoxy) is 1. The average molecular weight is 747 g/mol. The molecule has 6 rings (SSSR count). The summed E-state index contributed by atoms with van der Waals surface area (Å²) in [6, 6.07) is 30.3. The first kappa shape index (κ1) is 39.4. The summed E-state index contributed by atoms with van der Waals surface area (Å²) >= 11 is 0. The first-order valence-corrected chi connectivity index (χ1v) is 17.7. The van der Waals surface area contributed by atoms with Gasteiger partial charge in [-0.1, -0.05) is 74.4 Å². The molecule has 1 aliphatic heterocycles. The number of hydrazine groups is 1. The van der Waals surface area contributed by atoms with Gasteiger partial charge in [0.25, 0.3) is 23.3 Å². The predicted octanol–water partition coefficient (Wildman–Crippen LogP) is 5.70. The Morgan fingerprint density at radius 2 is 1.33 bits per heavy atom. The van der Waals surface area contributed by atoms with Gasteiger partial charge in [0.2, 0.25) is 0 Å². The Hall–Kier alpha value is -6.83. The lowest BCUT2D eigenvalue weighted by Gasteiger charge is -2.27. The third-order valence-electron chi connectivity index (χ3n) is 9.10. The zero-order chi connectivity index (χ0) is 39.5. The fourth-order valence-corrected chi connectivity index (χ4v) is 6.05. The van der Waals surface area contributed by atoms with Crippen molar-refractivity contribution in [1.82, 2.24) is 14.3 Å². The van der Waals surface area contributed by atoms with Crippen molar-refractivity contribution in [2.45, 2.75) is 46.0 Å². The summed E-state index contributed by atoms with van der Waals surface area (Å²) < 4.78 is 8.53. The maximum Gasteiger partial charge on any atom is 0.306 e. The molecule has 1 aliphatic rings. The quantitative estimate of drug-likeness (QED) is 0.113. The molecule has 1 fully saturated rings. The van der Waals surface area contributed by atoms with Gasteiger partial charge in [0.05, 0.1) is 41.2 Å². The number of hydrogen-bond acceptors (Lipinski definition) is 8. The molecular formula is C41H42N6O8. The molecule has 0 bridgehead atoms. The zero-order valence-electron chi connectivity index (χ0n) is 30.8. The molecule has 0 spiro atoms. The van der Waals surface area contributed by atoms with E-state index >= 15 is 0 Å². The number of carboxylic acids is 1. The maximum atomic E-state index is 13.8. The lowest BCUT2D eigenvalue weighted by atomic mass is 9.82. The third kappa shape index (κ3) is 8.70. The highest BCUT2D eigenvalue weighted by Crippen LogP contribution is 2.42. The lowest BCUT2D eigenvalue weighted by Crippen LogP contribution is -2.42. The van der Waals surface area contributed by atoms with Crippen LogP contribution in [0.2, 0.25) is 0 Å². The van der Waals surface area contributed by atoms with E-state index in [0.29, 0.717) is 29.1 Å². The van der Waals surface area contributed by atoms with Crippen LogP contribution in [-0.2, 0) is 31.0 Å². The molecule has 0 radical (unpaired) electrons. The average Bonchev–Trinajstić information content (AvgIpc) is 3.56. The Morgan fingerprint density at radius 3 is 1.82 bits per heavy atom. The number of anilines is 3. The molecule has 3 aromatic carbocycles. The van der Waals surface area contributed by atoms with Crippen LogP contribution < -0.4 is 20.9 Å². The number of amides is 3. The first-order chi connectivity index (χ1) is 26.5. The second-order valence-electron chi connectivity index (χ2n) is 12.8. The highest BCUT2D eigenvalue weighted by Gasteiger charge is 2.59. The number of unbranched alkanes of at least 4 members (excludes halogenated alkanes) is 1. The molecule has 14 heteroatoms. The van der Waals surface area contributed by atoms with Crippen LogP contribution in [0.25, 0.3) is 5.69 Å². The predicted molar refractivity (Wildman–Crippen MR) is 206 cm³/mol. The fraction of sp³-hybridized carbons (Fsp3) is 0.244. The first-order valence-electron chi connectivity index (χ1n) is 17.7. The number of esters is 1. The second kappa shape index (κ2) is 17.8. The van der Waals surface area contributed by atoms with E-state index in [-0.39, 0.29) is 36.4 Å². The molecule has 2 N–H and O–H groups in total. The summed E-state index contributed by atoms with van der Waals surface area (Å²) in [7, 11) is 1.78. The van der Waals surface area contributed by atoms with Crippen molar-refractivity contribution in [3.63, 3.8) is 0 Å². The largest absolute Gasteiger partial charge is 0.481 e. The van der Waals surface area contributed by atoms with Crippen molar-refractivity contribution in [2.75, 3.05) is 21.9 Å². The van der Waals surface area contributed by atoms with E-state index in [1.165, 1.54) is 20.9 Å². The van der Waals surface area contributed by atoms with Crippen LogP contribution in [0.5, 0.6) is 0 Å². The Balaban J connectivity index is 0.000000222. The number of para-hydroxylation sites is 3. The number of benzene rings is 3. The van der Waals surface area contributed by atoms with Gasteiger partial charge in [-0.15, -0.1) is 0 Å². The standard InChI is InChI=1S/C24H26N2O6.C17H16N4O2/c1-2-3-16-24(17-32-21(29)15-14-20(27)28)22(30)25(18-10-6-4-7-11-18)26(23(24)31)19-12-8-5-9-13-19;1-12-15(19-16(22)13-7-6-10-18-11-13)17(23)21(20(12)2)14-8-4-3-5-9-14/h4-13H,2-3,14-17H2,1H3,(H,27,28);3-11H,1-2H3,(H,19,22). The van der Waals surface area contributed by atoms with E-state index in [9.17, 15) is 28.8 Å². The molecule has 55 heavy (non-hydrogen) atoms. The van der Waals surface area contributed by atoms with Crippen LogP contribution >= 0.6 is 0 Å². The maximum absolute atomic E-state index is 13.8. The van der Waals surface area contributed by atoms with Crippen molar-refractivity contribution in [1.29, 1.82) is 0 Å². The second-order valence-corrected chi connectivity index (χ2v) is 12.8. The molecule has 0 unspecified atom stereocenters. The van der Waals surface area contributed by atoms with Crippen LogP contribution in [0.1, 0.15) is 55.1 Å². The normalized spacial score (nSPS) is 13.2. The summed E-state index contributed by atoms with van der Waals surface area (Å²) in [6.45, 7) is 3.30.